The van der Waals surface area contributed by atoms with Crippen LogP contribution in [0.15, 0.2) is 41.3 Å². The molecule has 8 heteroatoms. The van der Waals surface area contributed by atoms with Crippen molar-refractivity contribution in [3.05, 3.63) is 58.9 Å². The highest BCUT2D eigenvalue weighted by atomic mass is 32.2. The molecule has 0 saturated heterocycles. The summed E-state index contributed by atoms with van der Waals surface area (Å²) in [6.07, 6.45) is 3.29. The molecule has 1 heterocycles. The number of carbonyl (C=O) groups is 1. The second-order valence-corrected chi connectivity index (χ2v) is 9.55. The lowest BCUT2D eigenvalue weighted by molar-refractivity contribution is -0.137. The lowest BCUT2D eigenvalue weighted by atomic mass is 9.95. The first-order chi connectivity index (χ1) is 16.2. The van der Waals surface area contributed by atoms with Crippen molar-refractivity contribution in [1.29, 1.82) is 0 Å². The lowest BCUT2D eigenvalue weighted by Gasteiger charge is -2.22. The number of sulfonamides is 1. The second-order valence-electron chi connectivity index (χ2n) is 7.62. The van der Waals surface area contributed by atoms with E-state index in [0.717, 1.165) is 24.8 Å². The summed E-state index contributed by atoms with van der Waals surface area (Å²) in [6.45, 7) is 10.2. The Bertz CT molecular complexity index is 1040. The number of carboxylic acids is 1. The number of nitrogens with one attached hydrogen (secondary N) is 1. The zero-order valence-corrected chi connectivity index (χ0v) is 22.0. The summed E-state index contributed by atoms with van der Waals surface area (Å²) in [7, 11) is -2.31. The molecule has 0 aliphatic carbocycles. The van der Waals surface area contributed by atoms with Gasteiger partial charge in [-0.15, -0.1) is 0 Å². The van der Waals surface area contributed by atoms with Gasteiger partial charge < -0.3 is 10.4 Å². The molecule has 34 heavy (non-hydrogen) atoms. The first kappa shape index (κ1) is 29.6. The number of para-hydroxylation sites is 1. The van der Waals surface area contributed by atoms with Gasteiger partial charge in [-0.25, -0.2) is 12.8 Å². The number of rotatable bonds is 8. The summed E-state index contributed by atoms with van der Waals surface area (Å²) in [5, 5.41) is 12.1. The standard InChI is InChI=1S/C22H27FN2O4S.2C2H6/c1-15-13-20-17(14-18(15)23)22(24-12-8-4-3-5-11-21(26)27)16-9-6-7-10-19(16)25(2)30(20,28)29;2*1-2/h6-7,9-10,13-14,22,24H,3-5,8,11-12H2,1-2H3,(H,26,27);2*1-2H3. The molecule has 2 aromatic rings. The van der Waals surface area contributed by atoms with E-state index in [4.69, 9.17) is 5.11 Å². The Kier molecular flexibility index (Phi) is 12.2. The highest BCUT2D eigenvalue weighted by Crippen LogP contribution is 2.40. The van der Waals surface area contributed by atoms with Gasteiger partial charge in [-0.3, -0.25) is 9.10 Å². The van der Waals surface area contributed by atoms with E-state index in [0.29, 0.717) is 24.2 Å². The fourth-order valence-corrected chi connectivity index (χ4v) is 5.32. The molecule has 0 spiro atoms. The lowest BCUT2D eigenvalue weighted by Crippen LogP contribution is -2.26. The number of anilines is 1. The molecule has 0 saturated carbocycles. The third kappa shape index (κ3) is 7.03. The van der Waals surface area contributed by atoms with Crippen LogP contribution in [0.1, 0.15) is 82.5 Å². The van der Waals surface area contributed by atoms with Crippen LogP contribution in [0, 0.1) is 12.7 Å². The number of aliphatic carboxylic acids is 1. The van der Waals surface area contributed by atoms with Crippen LogP contribution in [0.2, 0.25) is 0 Å². The van der Waals surface area contributed by atoms with Crippen molar-refractivity contribution in [2.75, 3.05) is 17.9 Å². The van der Waals surface area contributed by atoms with E-state index >= 15 is 0 Å². The molecule has 0 fully saturated rings. The van der Waals surface area contributed by atoms with Crippen molar-refractivity contribution in [1.82, 2.24) is 5.32 Å². The van der Waals surface area contributed by atoms with Crippen molar-refractivity contribution in [2.24, 2.45) is 0 Å². The molecule has 0 aromatic heterocycles. The van der Waals surface area contributed by atoms with Gasteiger partial charge >= 0.3 is 5.97 Å². The summed E-state index contributed by atoms with van der Waals surface area (Å²) >= 11 is 0. The van der Waals surface area contributed by atoms with Crippen molar-refractivity contribution < 1.29 is 22.7 Å². The molecule has 1 aliphatic rings. The number of nitrogens with zero attached hydrogens (tertiary/aromatic N) is 1. The zero-order chi connectivity index (χ0) is 25.9. The van der Waals surface area contributed by atoms with Gasteiger partial charge in [-0.1, -0.05) is 58.7 Å². The Balaban J connectivity index is 0.00000137. The van der Waals surface area contributed by atoms with Crippen molar-refractivity contribution in [2.45, 2.75) is 77.7 Å². The zero-order valence-electron chi connectivity index (χ0n) is 21.2. The van der Waals surface area contributed by atoms with Gasteiger partial charge in [-0.05, 0) is 61.2 Å². The predicted octanol–water partition coefficient (Wildman–Crippen LogP) is 6.04. The highest BCUT2D eigenvalue weighted by molar-refractivity contribution is 7.92. The molecule has 0 amide bonds. The maximum atomic E-state index is 14.4. The fraction of sp³-hybridized carbons (Fsp3) is 0.500. The molecule has 0 radical (unpaired) electrons. The number of halogens is 1. The van der Waals surface area contributed by atoms with Crippen LogP contribution >= 0.6 is 0 Å². The van der Waals surface area contributed by atoms with Crippen molar-refractivity contribution in [3.63, 3.8) is 0 Å². The number of benzene rings is 2. The van der Waals surface area contributed by atoms with Crippen LogP contribution in [0.5, 0.6) is 0 Å². The molecule has 6 nitrogen and oxygen atoms in total. The smallest absolute Gasteiger partial charge is 0.303 e. The summed E-state index contributed by atoms with van der Waals surface area (Å²) in [4.78, 5) is 10.7. The van der Waals surface area contributed by atoms with Gasteiger partial charge in [0.15, 0.2) is 0 Å². The SMILES string of the molecule is CC.CC.Cc1cc2c(cc1F)C(NCCCCCCC(=O)O)c1ccccc1N(C)S2(=O)=O. The van der Waals surface area contributed by atoms with Gasteiger partial charge in [0, 0.05) is 13.5 Å². The van der Waals surface area contributed by atoms with Crippen LogP contribution in [0.25, 0.3) is 0 Å². The van der Waals surface area contributed by atoms with Gasteiger partial charge in [0.25, 0.3) is 10.0 Å². The molecular weight excluding hydrogens is 455 g/mol. The Morgan fingerprint density at radius 2 is 1.65 bits per heavy atom. The van der Waals surface area contributed by atoms with E-state index in [9.17, 15) is 17.6 Å². The van der Waals surface area contributed by atoms with E-state index in [1.807, 2.05) is 39.8 Å². The molecule has 190 valence electrons. The molecular formula is C26H39FN2O4S. The van der Waals surface area contributed by atoms with Crippen molar-refractivity contribution >= 4 is 21.7 Å². The third-order valence-corrected chi connectivity index (χ3v) is 7.32. The molecule has 2 N–H and O–H groups in total. The Morgan fingerprint density at radius 3 is 2.29 bits per heavy atom. The molecule has 1 unspecified atom stereocenters. The van der Waals surface area contributed by atoms with Gasteiger partial charge in [-0.2, -0.15) is 0 Å². The molecule has 0 bridgehead atoms. The quantitative estimate of drug-likeness (QED) is 0.437. The first-order valence-electron chi connectivity index (χ1n) is 12.1. The number of hydrogen-bond donors (Lipinski definition) is 2. The van der Waals surface area contributed by atoms with Crippen LogP contribution in [0.4, 0.5) is 10.1 Å². The minimum absolute atomic E-state index is 0.110. The molecule has 2 aromatic carbocycles. The Hall–Kier alpha value is -2.45. The van der Waals surface area contributed by atoms with Crippen LogP contribution in [-0.2, 0) is 14.8 Å². The maximum absolute atomic E-state index is 14.4. The first-order valence-corrected chi connectivity index (χ1v) is 13.5. The van der Waals surface area contributed by atoms with Crippen LogP contribution < -0.4 is 9.62 Å². The minimum Gasteiger partial charge on any atom is -0.481 e. The summed E-state index contributed by atoms with van der Waals surface area (Å²) in [5.74, 6) is -1.23. The number of carboxylic acid groups (broad SMARTS) is 1. The number of aryl methyl sites for hydroxylation is 1. The van der Waals surface area contributed by atoms with E-state index in [2.05, 4.69) is 5.32 Å². The van der Waals surface area contributed by atoms with E-state index in [-0.39, 0.29) is 16.9 Å². The highest BCUT2D eigenvalue weighted by Gasteiger charge is 2.35. The fourth-order valence-electron chi connectivity index (χ4n) is 3.80. The number of fused-ring (bicyclic) bond motifs is 2. The molecule has 1 aliphatic heterocycles. The van der Waals surface area contributed by atoms with E-state index < -0.39 is 27.9 Å². The van der Waals surface area contributed by atoms with Crippen LogP contribution in [0.3, 0.4) is 0 Å². The van der Waals surface area contributed by atoms with Gasteiger partial charge in [0.2, 0.25) is 0 Å². The predicted molar refractivity (Wildman–Crippen MR) is 136 cm³/mol. The third-order valence-electron chi connectivity index (χ3n) is 5.49. The maximum Gasteiger partial charge on any atom is 0.303 e. The summed E-state index contributed by atoms with van der Waals surface area (Å²) in [6, 6.07) is 9.50. The average molecular weight is 495 g/mol. The largest absolute Gasteiger partial charge is 0.481 e. The number of unbranched alkanes of at least 4 members (excludes halogenated alkanes) is 3. The van der Waals surface area contributed by atoms with Gasteiger partial charge in [0.1, 0.15) is 5.82 Å². The molecule has 1 atom stereocenters. The van der Waals surface area contributed by atoms with Gasteiger partial charge in [0.05, 0.1) is 16.6 Å². The Morgan fingerprint density at radius 1 is 1.03 bits per heavy atom. The Labute approximate surface area is 204 Å². The second kappa shape index (κ2) is 14.1. The number of hydrogen-bond acceptors (Lipinski definition) is 4. The van der Waals surface area contributed by atoms with E-state index in [1.165, 1.54) is 23.5 Å². The van der Waals surface area contributed by atoms with E-state index in [1.54, 1.807) is 19.1 Å². The summed E-state index contributed by atoms with van der Waals surface area (Å²) < 4.78 is 42.2. The average Bonchev–Trinajstić information content (AvgIpc) is 2.89. The minimum atomic E-state index is -3.82. The normalized spacial score (nSPS) is 15.5. The molecule has 3 rings (SSSR count). The monoisotopic (exact) mass is 494 g/mol. The topological polar surface area (TPSA) is 86.7 Å². The van der Waals surface area contributed by atoms with Crippen LogP contribution in [-0.4, -0.2) is 33.1 Å². The van der Waals surface area contributed by atoms with Crippen molar-refractivity contribution in [3.8, 4) is 0 Å². The summed E-state index contributed by atoms with van der Waals surface area (Å²) in [5.41, 5.74) is 2.02.